The van der Waals surface area contributed by atoms with Crippen LogP contribution < -0.4 is 5.73 Å². The zero-order valence-electron chi connectivity index (χ0n) is 10.5. The van der Waals surface area contributed by atoms with Crippen molar-refractivity contribution in [2.75, 3.05) is 45.1 Å². The molecule has 0 saturated carbocycles. The Morgan fingerprint density at radius 1 is 1.42 bits per heavy atom. The van der Waals surface area contributed by atoms with E-state index in [1.54, 1.807) is 11.0 Å². The van der Waals surface area contributed by atoms with Crippen LogP contribution in [0.4, 0.5) is 5.69 Å². The molecular formula is C12H17ClN4O2. The molecule has 0 radical (unpaired) electrons. The number of carbonyl (C=O) groups excluding carboxylic acids is 1. The topological polar surface area (TPSA) is 82.7 Å². The van der Waals surface area contributed by atoms with Crippen molar-refractivity contribution < 1.29 is 9.90 Å². The zero-order chi connectivity index (χ0) is 13.8. The van der Waals surface area contributed by atoms with Gasteiger partial charge < -0.3 is 15.7 Å². The van der Waals surface area contributed by atoms with Gasteiger partial charge in [0.05, 0.1) is 24.1 Å². The van der Waals surface area contributed by atoms with Crippen LogP contribution in [0.5, 0.6) is 0 Å². The van der Waals surface area contributed by atoms with Gasteiger partial charge >= 0.3 is 0 Å². The minimum Gasteiger partial charge on any atom is -0.397 e. The third-order valence-electron chi connectivity index (χ3n) is 3.17. The Kier molecular flexibility index (Phi) is 4.57. The quantitative estimate of drug-likeness (QED) is 0.768. The third kappa shape index (κ3) is 3.34. The second kappa shape index (κ2) is 6.18. The van der Waals surface area contributed by atoms with Gasteiger partial charge in [-0.3, -0.25) is 9.69 Å². The number of nitrogens with zero attached hydrogens (tertiary/aromatic N) is 3. The normalized spacial score (nSPS) is 16.6. The molecule has 1 aliphatic heterocycles. The smallest absolute Gasteiger partial charge is 0.257 e. The summed E-state index contributed by atoms with van der Waals surface area (Å²) < 4.78 is 0. The first-order chi connectivity index (χ1) is 9.11. The molecule has 2 heterocycles. The minimum absolute atomic E-state index is 0.138. The van der Waals surface area contributed by atoms with Gasteiger partial charge in [-0.1, -0.05) is 11.6 Å². The summed E-state index contributed by atoms with van der Waals surface area (Å²) in [6.07, 6.45) is 1.43. The first-order valence-electron chi connectivity index (χ1n) is 6.15. The average molecular weight is 285 g/mol. The molecule has 1 aromatic heterocycles. The average Bonchev–Trinajstić information content (AvgIpc) is 2.42. The molecule has 0 aromatic carbocycles. The van der Waals surface area contributed by atoms with Gasteiger partial charge in [0.15, 0.2) is 0 Å². The number of pyridine rings is 1. The number of hydrogen-bond acceptors (Lipinski definition) is 5. The summed E-state index contributed by atoms with van der Waals surface area (Å²) in [7, 11) is 0. The predicted octanol–water partition coefficient (Wildman–Crippen LogP) is 0.0673. The Labute approximate surface area is 116 Å². The SMILES string of the molecule is Nc1cnc(Cl)c(C(=O)N2CCN(CCO)CC2)c1. The van der Waals surface area contributed by atoms with Crippen molar-refractivity contribution in [2.45, 2.75) is 0 Å². The standard InChI is InChI=1S/C12H17ClN4O2/c13-11-10(7-9(14)8-15-11)12(19)17-3-1-16(2-4-17)5-6-18/h7-8,18H,1-6,14H2. The van der Waals surface area contributed by atoms with Gasteiger partial charge in [0.1, 0.15) is 5.15 Å². The van der Waals surface area contributed by atoms with Gasteiger partial charge in [-0.2, -0.15) is 0 Å². The molecule has 1 saturated heterocycles. The summed E-state index contributed by atoms with van der Waals surface area (Å²) in [4.78, 5) is 20.1. The van der Waals surface area contributed by atoms with Crippen LogP contribution in [0.1, 0.15) is 10.4 Å². The predicted molar refractivity (Wildman–Crippen MR) is 73.1 cm³/mol. The Morgan fingerprint density at radius 2 is 2.11 bits per heavy atom. The van der Waals surface area contributed by atoms with E-state index in [1.807, 2.05) is 0 Å². The molecule has 0 bridgehead atoms. The van der Waals surface area contributed by atoms with Gasteiger partial charge in [-0.15, -0.1) is 0 Å². The molecule has 0 spiro atoms. The molecule has 1 amide bonds. The summed E-state index contributed by atoms with van der Waals surface area (Å²) in [5, 5.41) is 9.05. The maximum atomic E-state index is 12.3. The third-order valence-corrected chi connectivity index (χ3v) is 3.47. The Morgan fingerprint density at radius 3 is 2.74 bits per heavy atom. The van der Waals surface area contributed by atoms with Crippen molar-refractivity contribution in [3.05, 3.63) is 23.0 Å². The van der Waals surface area contributed by atoms with Gasteiger partial charge in [0.25, 0.3) is 5.91 Å². The van der Waals surface area contributed by atoms with Gasteiger partial charge in [-0.05, 0) is 6.07 Å². The molecule has 0 unspecified atom stereocenters. The number of aliphatic hydroxyl groups is 1. The van der Waals surface area contributed by atoms with Gasteiger partial charge in [0, 0.05) is 32.7 Å². The van der Waals surface area contributed by atoms with Gasteiger partial charge in [-0.25, -0.2) is 4.98 Å². The van der Waals surface area contributed by atoms with Crippen molar-refractivity contribution >= 4 is 23.2 Å². The van der Waals surface area contributed by atoms with E-state index in [9.17, 15) is 4.79 Å². The second-order valence-corrected chi connectivity index (χ2v) is 4.82. The van der Waals surface area contributed by atoms with E-state index in [1.165, 1.54) is 6.20 Å². The summed E-state index contributed by atoms with van der Waals surface area (Å²) in [6.45, 7) is 3.51. The highest BCUT2D eigenvalue weighted by Gasteiger charge is 2.23. The summed E-state index contributed by atoms with van der Waals surface area (Å²) in [5.41, 5.74) is 6.40. The van der Waals surface area contributed by atoms with Crippen molar-refractivity contribution in [2.24, 2.45) is 0 Å². The second-order valence-electron chi connectivity index (χ2n) is 4.46. The molecule has 7 heteroatoms. The molecule has 0 atom stereocenters. The largest absolute Gasteiger partial charge is 0.397 e. The Bertz CT molecular complexity index is 461. The number of anilines is 1. The van der Waals surface area contributed by atoms with Crippen LogP contribution in [0.25, 0.3) is 0 Å². The minimum atomic E-state index is -0.145. The maximum Gasteiger partial charge on any atom is 0.257 e. The monoisotopic (exact) mass is 284 g/mol. The lowest BCUT2D eigenvalue weighted by Gasteiger charge is -2.34. The van der Waals surface area contributed by atoms with Crippen LogP contribution in [0.3, 0.4) is 0 Å². The number of piperazine rings is 1. The molecule has 6 nitrogen and oxygen atoms in total. The van der Waals surface area contributed by atoms with Crippen molar-refractivity contribution in [3.63, 3.8) is 0 Å². The van der Waals surface area contributed by atoms with Crippen LogP contribution in [-0.4, -0.2) is 65.1 Å². The number of aromatic nitrogens is 1. The fraction of sp³-hybridized carbons (Fsp3) is 0.500. The van der Waals surface area contributed by atoms with Crippen molar-refractivity contribution in [1.82, 2.24) is 14.8 Å². The number of amides is 1. The van der Waals surface area contributed by atoms with Crippen LogP contribution in [-0.2, 0) is 0 Å². The van der Waals surface area contributed by atoms with E-state index in [2.05, 4.69) is 9.88 Å². The molecule has 19 heavy (non-hydrogen) atoms. The number of hydrogen-bond donors (Lipinski definition) is 2. The molecular weight excluding hydrogens is 268 g/mol. The first-order valence-corrected chi connectivity index (χ1v) is 6.53. The fourth-order valence-corrected chi connectivity index (χ4v) is 2.28. The van der Waals surface area contributed by atoms with E-state index in [0.29, 0.717) is 30.9 Å². The summed E-state index contributed by atoms with van der Waals surface area (Å²) >= 11 is 5.93. The van der Waals surface area contributed by atoms with Crippen molar-refractivity contribution in [3.8, 4) is 0 Å². The Balaban J connectivity index is 2.03. The van der Waals surface area contributed by atoms with E-state index < -0.39 is 0 Å². The molecule has 1 aromatic rings. The molecule has 1 fully saturated rings. The maximum absolute atomic E-state index is 12.3. The van der Waals surface area contributed by atoms with Crippen LogP contribution in [0.2, 0.25) is 5.15 Å². The van der Waals surface area contributed by atoms with E-state index in [4.69, 9.17) is 22.4 Å². The van der Waals surface area contributed by atoms with Crippen molar-refractivity contribution in [1.29, 1.82) is 0 Å². The number of rotatable bonds is 3. The van der Waals surface area contributed by atoms with E-state index in [-0.39, 0.29) is 17.7 Å². The number of nitrogen functional groups attached to an aromatic ring is 1. The highest BCUT2D eigenvalue weighted by atomic mass is 35.5. The lowest BCUT2D eigenvalue weighted by molar-refractivity contribution is 0.0615. The lowest BCUT2D eigenvalue weighted by Crippen LogP contribution is -2.49. The van der Waals surface area contributed by atoms with Crippen LogP contribution >= 0.6 is 11.6 Å². The molecule has 104 valence electrons. The number of β-amino-alcohol motifs (C(OH)–C–C–N with tert-alkyl or cyclic N) is 1. The lowest BCUT2D eigenvalue weighted by atomic mass is 10.2. The number of carbonyl (C=O) groups is 1. The molecule has 1 aliphatic rings. The summed E-state index contributed by atoms with van der Waals surface area (Å²) in [6, 6.07) is 1.55. The van der Waals surface area contributed by atoms with Crippen LogP contribution in [0.15, 0.2) is 12.3 Å². The summed E-state index contributed by atoms with van der Waals surface area (Å²) in [5.74, 6) is -0.145. The number of halogens is 1. The highest BCUT2D eigenvalue weighted by Crippen LogP contribution is 2.18. The highest BCUT2D eigenvalue weighted by molar-refractivity contribution is 6.32. The Hall–Kier alpha value is -1.37. The zero-order valence-corrected chi connectivity index (χ0v) is 11.3. The van der Waals surface area contributed by atoms with E-state index in [0.717, 1.165) is 13.1 Å². The number of aliphatic hydroxyl groups excluding tert-OH is 1. The first kappa shape index (κ1) is 14.0. The molecule has 0 aliphatic carbocycles. The molecule has 2 rings (SSSR count). The number of nitrogens with two attached hydrogens (primary N) is 1. The van der Waals surface area contributed by atoms with Crippen LogP contribution in [0, 0.1) is 0 Å². The molecule has 3 N–H and O–H groups in total. The van der Waals surface area contributed by atoms with Gasteiger partial charge in [0.2, 0.25) is 0 Å². The fourth-order valence-electron chi connectivity index (χ4n) is 2.10. The van der Waals surface area contributed by atoms with E-state index >= 15 is 0 Å².